The monoisotopic (exact) mass is 321 g/mol. The van der Waals surface area contributed by atoms with E-state index in [2.05, 4.69) is 22.1 Å². The van der Waals surface area contributed by atoms with E-state index in [1.54, 1.807) is 6.07 Å². The molecule has 1 fully saturated rings. The van der Waals surface area contributed by atoms with Gasteiger partial charge in [-0.3, -0.25) is 4.90 Å². The molecule has 1 saturated heterocycles. The summed E-state index contributed by atoms with van der Waals surface area (Å²) in [4.78, 5) is 14.2. The van der Waals surface area contributed by atoms with Crippen LogP contribution in [-0.4, -0.2) is 43.7 Å². The first-order valence-corrected chi connectivity index (χ1v) is 7.92. The van der Waals surface area contributed by atoms with Crippen molar-refractivity contribution in [1.29, 1.82) is 0 Å². The Labute approximate surface area is 136 Å². The zero-order valence-corrected chi connectivity index (χ0v) is 13.5. The molecule has 1 aliphatic rings. The van der Waals surface area contributed by atoms with Crippen LogP contribution in [0.3, 0.4) is 0 Å². The molecule has 5 nitrogen and oxygen atoms in total. The first kappa shape index (κ1) is 17.3. The van der Waals surface area contributed by atoms with E-state index < -0.39 is 11.8 Å². The van der Waals surface area contributed by atoms with Gasteiger partial charge in [0.2, 0.25) is 0 Å². The van der Waals surface area contributed by atoms with Gasteiger partial charge in [0.25, 0.3) is 0 Å². The normalized spacial score (nSPS) is 17.7. The number of ether oxygens (including phenoxy) is 1. The van der Waals surface area contributed by atoms with E-state index in [9.17, 15) is 9.18 Å². The van der Waals surface area contributed by atoms with Crippen LogP contribution in [0.25, 0.3) is 0 Å². The highest BCUT2D eigenvalue weighted by Crippen LogP contribution is 2.20. The number of halogens is 1. The van der Waals surface area contributed by atoms with Gasteiger partial charge in [0, 0.05) is 25.7 Å². The molecule has 1 atom stereocenters. The van der Waals surface area contributed by atoms with Crippen LogP contribution in [0, 0.1) is 11.7 Å². The Morgan fingerprint density at radius 2 is 2.39 bits per heavy atom. The van der Waals surface area contributed by atoms with Gasteiger partial charge in [-0.2, -0.15) is 0 Å². The molecule has 0 unspecified atom stereocenters. The van der Waals surface area contributed by atoms with Gasteiger partial charge in [0.05, 0.1) is 12.3 Å². The molecule has 0 spiro atoms. The second-order valence-electron chi connectivity index (χ2n) is 5.61. The predicted octanol–water partition coefficient (Wildman–Crippen LogP) is 2.85. The quantitative estimate of drug-likeness (QED) is 0.759. The van der Waals surface area contributed by atoms with E-state index in [-0.39, 0.29) is 5.69 Å². The lowest BCUT2D eigenvalue weighted by atomic mass is 10.1. The Hall–Kier alpha value is -2.08. The highest BCUT2D eigenvalue weighted by molar-refractivity contribution is 5.89. The van der Waals surface area contributed by atoms with Crippen molar-refractivity contribution in [3.8, 4) is 5.75 Å². The highest BCUT2D eigenvalue weighted by Gasteiger charge is 2.21. The largest absolute Gasteiger partial charge is 0.494 e. The predicted molar refractivity (Wildman–Crippen MR) is 89.3 cm³/mol. The number of amides is 2. The molecule has 1 heterocycles. The molecule has 0 bridgehead atoms. The molecule has 126 valence electrons. The van der Waals surface area contributed by atoms with Gasteiger partial charge in [0.15, 0.2) is 0 Å². The molecule has 1 aromatic carbocycles. The second kappa shape index (κ2) is 8.53. The molecular weight excluding hydrogens is 297 g/mol. The highest BCUT2D eigenvalue weighted by atomic mass is 19.1. The molecular formula is C17H24FN3O2. The minimum absolute atomic E-state index is 0.144. The summed E-state index contributed by atoms with van der Waals surface area (Å²) in [7, 11) is 0. The van der Waals surface area contributed by atoms with Crippen LogP contribution < -0.4 is 15.4 Å². The Bertz CT molecular complexity index is 551. The molecule has 0 radical (unpaired) electrons. The van der Waals surface area contributed by atoms with E-state index >= 15 is 0 Å². The number of benzene rings is 1. The summed E-state index contributed by atoms with van der Waals surface area (Å²) in [5, 5.41) is 5.33. The van der Waals surface area contributed by atoms with Crippen molar-refractivity contribution in [2.75, 3.05) is 38.1 Å². The van der Waals surface area contributed by atoms with Gasteiger partial charge in [-0.05, 0) is 37.9 Å². The van der Waals surface area contributed by atoms with E-state index in [1.807, 2.05) is 13.0 Å². The first-order chi connectivity index (χ1) is 11.1. The number of rotatable bonds is 7. The van der Waals surface area contributed by atoms with Gasteiger partial charge in [-0.1, -0.05) is 6.08 Å². The van der Waals surface area contributed by atoms with Crippen LogP contribution in [0.2, 0.25) is 0 Å². The van der Waals surface area contributed by atoms with Gasteiger partial charge in [-0.15, -0.1) is 6.58 Å². The third-order valence-electron chi connectivity index (χ3n) is 3.81. The van der Waals surface area contributed by atoms with Crippen LogP contribution in [-0.2, 0) is 0 Å². The van der Waals surface area contributed by atoms with Crippen molar-refractivity contribution in [2.24, 2.45) is 5.92 Å². The number of hydrogen-bond donors (Lipinski definition) is 2. The number of likely N-dealkylation sites (tertiary alicyclic amines) is 1. The average molecular weight is 321 g/mol. The molecule has 1 aromatic rings. The summed E-state index contributed by atoms with van der Waals surface area (Å²) >= 11 is 0. The second-order valence-corrected chi connectivity index (χ2v) is 5.61. The number of carbonyl (C=O) groups is 1. The maximum absolute atomic E-state index is 13.9. The van der Waals surface area contributed by atoms with Crippen LogP contribution in [0.15, 0.2) is 30.9 Å². The van der Waals surface area contributed by atoms with Crippen LogP contribution in [0.1, 0.15) is 13.3 Å². The van der Waals surface area contributed by atoms with Crippen LogP contribution in [0.4, 0.5) is 14.9 Å². The first-order valence-electron chi connectivity index (χ1n) is 7.92. The summed E-state index contributed by atoms with van der Waals surface area (Å²) in [5.74, 6) is 0.360. The number of urea groups is 1. The zero-order chi connectivity index (χ0) is 16.7. The van der Waals surface area contributed by atoms with Crippen molar-refractivity contribution < 1.29 is 13.9 Å². The van der Waals surface area contributed by atoms with E-state index in [1.165, 1.54) is 12.1 Å². The molecule has 0 aliphatic carbocycles. The minimum Gasteiger partial charge on any atom is -0.494 e. The lowest BCUT2D eigenvalue weighted by molar-refractivity contribution is 0.250. The molecule has 2 amide bonds. The third-order valence-corrected chi connectivity index (χ3v) is 3.81. The SMILES string of the molecule is C=CCN1CC[C@H](CNC(=O)Nc2ccc(OCC)cc2F)C1. The van der Waals surface area contributed by atoms with E-state index in [4.69, 9.17) is 4.74 Å². The van der Waals surface area contributed by atoms with E-state index in [0.717, 1.165) is 26.1 Å². The van der Waals surface area contributed by atoms with Gasteiger partial charge >= 0.3 is 6.03 Å². The standard InChI is InChI=1S/C17H24FN3O2/c1-3-8-21-9-7-13(12-21)11-19-17(22)20-16-6-5-14(23-4-2)10-15(16)18/h3,5-6,10,13H,1,4,7-9,11-12H2,2H3,(H2,19,20,22)/t13-/m1/s1. The summed E-state index contributed by atoms with van der Waals surface area (Å²) in [6.07, 6.45) is 2.93. The maximum Gasteiger partial charge on any atom is 0.319 e. The van der Waals surface area contributed by atoms with Gasteiger partial charge in [-0.25, -0.2) is 9.18 Å². The van der Waals surface area contributed by atoms with Crippen molar-refractivity contribution in [2.45, 2.75) is 13.3 Å². The molecule has 0 saturated carbocycles. The van der Waals surface area contributed by atoms with Gasteiger partial charge in [0.1, 0.15) is 11.6 Å². The summed E-state index contributed by atoms with van der Waals surface area (Å²) in [5.41, 5.74) is 0.144. The number of nitrogens with zero attached hydrogens (tertiary/aromatic N) is 1. The minimum atomic E-state index is -0.510. The van der Waals surface area contributed by atoms with Crippen LogP contribution >= 0.6 is 0 Å². The fraction of sp³-hybridized carbons (Fsp3) is 0.471. The number of hydrogen-bond acceptors (Lipinski definition) is 3. The number of nitrogens with one attached hydrogen (secondary N) is 2. The van der Waals surface area contributed by atoms with Crippen molar-refractivity contribution >= 4 is 11.7 Å². The number of anilines is 1. The third kappa shape index (κ3) is 5.25. The Kier molecular flexibility index (Phi) is 6.40. The molecule has 0 aromatic heterocycles. The topological polar surface area (TPSA) is 53.6 Å². The zero-order valence-electron chi connectivity index (χ0n) is 13.5. The Morgan fingerprint density at radius 3 is 3.09 bits per heavy atom. The molecule has 1 aliphatic heterocycles. The molecule has 23 heavy (non-hydrogen) atoms. The fourth-order valence-electron chi connectivity index (χ4n) is 2.69. The maximum atomic E-state index is 13.9. The number of carbonyl (C=O) groups excluding carboxylic acids is 1. The molecule has 6 heteroatoms. The van der Waals surface area contributed by atoms with Crippen molar-refractivity contribution in [1.82, 2.24) is 10.2 Å². The summed E-state index contributed by atoms with van der Waals surface area (Å²) in [6.45, 7) is 9.46. The summed E-state index contributed by atoms with van der Waals surface area (Å²) in [6, 6.07) is 4.01. The van der Waals surface area contributed by atoms with Crippen LogP contribution in [0.5, 0.6) is 5.75 Å². The summed E-state index contributed by atoms with van der Waals surface area (Å²) < 4.78 is 19.1. The fourth-order valence-corrected chi connectivity index (χ4v) is 2.69. The van der Waals surface area contributed by atoms with E-state index in [0.29, 0.717) is 24.8 Å². The average Bonchev–Trinajstić information content (AvgIpc) is 2.96. The van der Waals surface area contributed by atoms with Gasteiger partial charge < -0.3 is 15.4 Å². The Balaban J connectivity index is 1.78. The Morgan fingerprint density at radius 1 is 1.57 bits per heavy atom. The molecule has 2 rings (SSSR count). The smallest absolute Gasteiger partial charge is 0.319 e. The molecule has 2 N–H and O–H groups in total. The lowest BCUT2D eigenvalue weighted by Crippen LogP contribution is -2.34. The lowest BCUT2D eigenvalue weighted by Gasteiger charge is -2.14. The van der Waals surface area contributed by atoms with Crippen molar-refractivity contribution in [3.05, 3.63) is 36.7 Å². The van der Waals surface area contributed by atoms with Crippen molar-refractivity contribution in [3.63, 3.8) is 0 Å².